The van der Waals surface area contributed by atoms with Crippen LogP contribution in [0.5, 0.6) is 0 Å². The Morgan fingerprint density at radius 3 is 2.77 bits per heavy atom. The van der Waals surface area contributed by atoms with Gasteiger partial charge in [0.05, 0.1) is 6.54 Å². The Labute approximate surface area is 81.7 Å². The maximum Gasteiger partial charge on any atom is 0.0599 e. The van der Waals surface area contributed by atoms with Gasteiger partial charge in [-0.05, 0) is 27.2 Å². The molecule has 1 aliphatic heterocycles. The Morgan fingerprint density at radius 1 is 1.54 bits per heavy atom. The molecule has 1 fully saturated rings. The van der Waals surface area contributed by atoms with Gasteiger partial charge in [0.2, 0.25) is 0 Å². The Hall–Kier alpha value is -0.520. The molecule has 0 aromatic rings. The van der Waals surface area contributed by atoms with Crippen molar-refractivity contribution in [3.8, 4) is 12.3 Å². The third-order valence-corrected chi connectivity index (χ3v) is 2.22. The molecule has 0 aromatic carbocycles. The van der Waals surface area contributed by atoms with E-state index in [2.05, 4.69) is 36.9 Å². The van der Waals surface area contributed by atoms with Crippen LogP contribution in [0.3, 0.4) is 0 Å². The minimum atomic E-state index is 0.219. The minimum absolute atomic E-state index is 0.219. The lowest BCUT2D eigenvalue weighted by Crippen LogP contribution is -2.44. The van der Waals surface area contributed by atoms with Crippen LogP contribution in [0.4, 0.5) is 0 Å². The van der Waals surface area contributed by atoms with Gasteiger partial charge in [-0.3, -0.25) is 4.90 Å². The summed E-state index contributed by atoms with van der Waals surface area (Å²) < 4.78 is 0. The van der Waals surface area contributed by atoms with Crippen molar-refractivity contribution in [3.63, 3.8) is 0 Å². The smallest absolute Gasteiger partial charge is 0.0599 e. The second kappa shape index (κ2) is 4.13. The van der Waals surface area contributed by atoms with Gasteiger partial charge in [0.15, 0.2) is 0 Å². The summed E-state index contributed by atoms with van der Waals surface area (Å²) >= 11 is 0. The van der Waals surface area contributed by atoms with Gasteiger partial charge in [-0.1, -0.05) is 5.92 Å². The zero-order chi connectivity index (χ0) is 9.90. The second-order valence-corrected chi connectivity index (χ2v) is 4.82. The molecular weight excluding hydrogens is 160 g/mol. The summed E-state index contributed by atoms with van der Waals surface area (Å²) in [5.74, 6) is 2.69. The first-order chi connectivity index (χ1) is 6.01. The SMILES string of the molecule is C#CCN1CC[C@@H](NC(C)(C)C)C1. The number of terminal acetylenes is 1. The van der Waals surface area contributed by atoms with E-state index in [0.29, 0.717) is 6.04 Å². The largest absolute Gasteiger partial charge is 0.308 e. The molecule has 2 nitrogen and oxygen atoms in total. The van der Waals surface area contributed by atoms with Crippen molar-refractivity contribution in [1.29, 1.82) is 0 Å². The average Bonchev–Trinajstić information content (AvgIpc) is 2.33. The standard InChI is InChI=1S/C11H20N2/c1-5-7-13-8-6-10(9-13)12-11(2,3)4/h1,10,12H,6-9H2,2-4H3/t10-/m1/s1. The highest BCUT2D eigenvalue weighted by molar-refractivity contribution is 4.93. The van der Waals surface area contributed by atoms with Gasteiger partial charge in [0, 0.05) is 24.7 Å². The highest BCUT2D eigenvalue weighted by Gasteiger charge is 2.24. The normalized spacial score (nSPS) is 24.6. The zero-order valence-corrected chi connectivity index (χ0v) is 8.93. The first-order valence-corrected chi connectivity index (χ1v) is 4.95. The van der Waals surface area contributed by atoms with Crippen LogP contribution in [0.1, 0.15) is 27.2 Å². The van der Waals surface area contributed by atoms with Gasteiger partial charge in [0.1, 0.15) is 0 Å². The van der Waals surface area contributed by atoms with Crippen LogP contribution in [-0.4, -0.2) is 36.1 Å². The van der Waals surface area contributed by atoms with E-state index in [0.717, 1.165) is 19.6 Å². The molecule has 0 amide bonds. The fraction of sp³-hybridized carbons (Fsp3) is 0.818. The van der Waals surface area contributed by atoms with Gasteiger partial charge in [0.25, 0.3) is 0 Å². The van der Waals surface area contributed by atoms with Crippen molar-refractivity contribution in [3.05, 3.63) is 0 Å². The lowest BCUT2D eigenvalue weighted by Gasteiger charge is -2.25. The molecular formula is C11H20N2. The van der Waals surface area contributed by atoms with Crippen molar-refractivity contribution in [2.24, 2.45) is 0 Å². The molecule has 0 aromatic heterocycles. The van der Waals surface area contributed by atoms with Crippen LogP contribution in [0, 0.1) is 12.3 Å². The molecule has 0 unspecified atom stereocenters. The monoisotopic (exact) mass is 180 g/mol. The lowest BCUT2D eigenvalue weighted by molar-refractivity contribution is 0.330. The van der Waals surface area contributed by atoms with Gasteiger partial charge in [-0.15, -0.1) is 6.42 Å². The lowest BCUT2D eigenvalue weighted by atomic mass is 10.1. The summed E-state index contributed by atoms with van der Waals surface area (Å²) in [6.07, 6.45) is 6.49. The number of hydrogen-bond acceptors (Lipinski definition) is 2. The van der Waals surface area contributed by atoms with Gasteiger partial charge in [-0.2, -0.15) is 0 Å². The first-order valence-electron chi connectivity index (χ1n) is 4.95. The Morgan fingerprint density at radius 2 is 2.23 bits per heavy atom. The van der Waals surface area contributed by atoms with Crippen molar-refractivity contribution in [2.75, 3.05) is 19.6 Å². The van der Waals surface area contributed by atoms with Crippen molar-refractivity contribution in [2.45, 2.75) is 38.8 Å². The Bertz CT molecular complexity index is 197. The van der Waals surface area contributed by atoms with E-state index in [1.807, 2.05) is 0 Å². The molecule has 0 radical (unpaired) electrons. The number of rotatable bonds is 2. The summed E-state index contributed by atoms with van der Waals surface area (Å²) in [6.45, 7) is 9.65. The maximum atomic E-state index is 5.27. The van der Waals surface area contributed by atoms with E-state index in [-0.39, 0.29) is 5.54 Å². The van der Waals surface area contributed by atoms with E-state index in [1.54, 1.807) is 0 Å². The molecule has 74 valence electrons. The number of hydrogen-bond donors (Lipinski definition) is 1. The Balaban J connectivity index is 2.30. The molecule has 13 heavy (non-hydrogen) atoms. The molecule has 1 atom stereocenters. The van der Waals surface area contributed by atoms with E-state index in [9.17, 15) is 0 Å². The van der Waals surface area contributed by atoms with E-state index in [4.69, 9.17) is 6.42 Å². The highest BCUT2D eigenvalue weighted by Crippen LogP contribution is 2.12. The molecule has 1 rings (SSSR count). The van der Waals surface area contributed by atoms with Gasteiger partial charge < -0.3 is 5.32 Å². The molecule has 2 heteroatoms. The van der Waals surface area contributed by atoms with E-state index >= 15 is 0 Å². The predicted molar refractivity (Wildman–Crippen MR) is 56.6 cm³/mol. The molecule has 0 bridgehead atoms. The molecule has 0 aliphatic carbocycles. The van der Waals surface area contributed by atoms with Crippen molar-refractivity contribution in [1.82, 2.24) is 10.2 Å². The fourth-order valence-electron chi connectivity index (χ4n) is 1.84. The van der Waals surface area contributed by atoms with E-state index < -0.39 is 0 Å². The third-order valence-electron chi connectivity index (χ3n) is 2.22. The van der Waals surface area contributed by atoms with Crippen molar-refractivity contribution < 1.29 is 0 Å². The van der Waals surface area contributed by atoms with Crippen LogP contribution in [0.15, 0.2) is 0 Å². The van der Waals surface area contributed by atoms with Gasteiger partial charge in [-0.25, -0.2) is 0 Å². The highest BCUT2D eigenvalue weighted by atomic mass is 15.2. The maximum absolute atomic E-state index is 5.27. The third kappa shape index (κ3) is 3.80. The molecule has 0 saturated carbocycles. The summed E-state index contributed by atoms with van der Waals surface area (Å²) in [6, 6.07) is 0.619. The van der Waals surface area contributed by atoms with Crippen molar-refractivity contribution >= 4 is 0 Å². The van der Waals surface area contributed by atoms with Crippen LogP contribution < -0.4 is 5.32 Å². The van der Waals surface area contributed by atoms with Crippen LogP contribution in [0.2, 0.25) is 0 Å². The number of likely N-dealkylation sites (tertiary alicyclic amines) is 1. The summed E-state index contributed by atoms with van der Waals surface area (Å²) in [5, 5.41) is 3.60. The van der Waals surface area contributed by atoms with Crippen LogP contribution in [-0.2, 0) is 0 Å². The topological polar surface area (TPSA) is 15.3 Å². The predicted octanol–water partition coefficient (Wildman–Crippen LogP) is 1.08. The first kappa shape index (κ1) is 10.6. The fourth-order valence-corrected chi connectivity index (χ4v) is 1.84. The quantitative estimate of drug-likeness (QED) is 0.640. The second-order valence-electron chi connectivity index (χ2n) is 4.82. The average molecular weight is 180 g/mol. The molecule has 1 N–H and O–H groups in total. The van der Waals surface area contributed by atoms with Gasteiger partial charge >= 0.3 is 0 Å². The summed E-state index contributed by atoms with van der Waals surface area (Å²) in [5.41, 5.74) is 0.219. The molecule has 0 spiro atoms. The zero-order valence-electron chi connectivity index (χ0n) is 8.93. The Kier molecular flexibility index (Phi) is 3.35. The minimum Gasteiger partial charge on any atom is -0.308 e. The molecule has 1 aliphatic rings. The summed E-state index contributed by atoms with van der Waals surface area (Å²) in [4.78, 5) is 2.32. The van der Waals surface area contributed by atoms with Crippen LogP contribution >= 0.6 is 0 Å². The summed E-state index contributed by atoms with van der Waals surface area (Å²) in [7, 11) is 0. The number of nitrogens with one attached hydrogen (secondary N) is 1. The molecule has 1 heterocycles. The van der Waals surface area contributed by atoms with Crippen LogP contribution in [0.25, 0.3) is 0 Å². The van der Waals surface area contributed by atoms with E-state index in [1.165, 1.54) is 6.42 Å². The number of nitrogens with zero attached hydrogens (tertiary/aromatic N) is 1. The molecule has 1 saturated heterocycles.